The summed E-state index contributed by atoms with van der Waals surface area (Å²) in [7, 11) is -0.450. The van der Waals surface area contributed by atoms with Gasteiger partial charge >= 0.3 is 0 Å². The van der Waals surface area contributed by atoms with Gasteiger partial charge in [0.2, 0.25) is 0 Å². The highest BCUT2D eigenvalue weighted by molar-refractivity contribution is 7.53. The van der Waals surface area contributed by atoms with Crippen LogP contribution >= 0.6 is 8.81 Å². The molecular weight excluding hydrogens is 555 g/mol. The van der Waals surface area contributed by atoms with Crippen LogP contribution in [0.5, 0.6) is 0 Å². The van der Waals surface area contributed by atoms with Crippen LogP contribution in [-0.4, -0.2) is 40.8 Å². The van der Waals surface area contributed by atoms with E-state index in [1.807, 2.05) is 0 Å². The van der Waals surface area contributed by atoms with E-state index >= 15 is 0 Å². The second-order valence-electron chi connectivity index (χ2n) is 12.6. The molecule has 0 rings (SSSR count). The second-order valence-corrected chi connectivity index (χ2v) is 13.6. The van der Waals surface area contributed by atoms with Gasteiger partial charge in [0.15, 0.2) is 5.52 Å². The lowest BCUT2D eigenvalue weighted by atomic mass is 9.94. The molecule has 3 atom stereocenters. The van der Waals surface area contributed by atoms with Crippen LogP contribution in [0.3, 0.4) is 0 Å². The summed E-state index contributed by atoms with van der Waals surface area (Å²) in [5, 5.41) is 18.5. The van der Waals surface area contributed by atoms with E-state index in [1.54, 1.807) is 0 Å². The van der Waals surface area contributed by atoms with Crippen LogP contribution in [0.4, 0.5) is 0 Å². The number of hydrogen-bond acceptors (Lipinski definition) is 5. The molecule has 0 fully saturated rings. The summed E-state index contributed by atoms with van der Waals surface area (Å²) in [5.41, 5.74) is -0.150. The zero-order valence-corrected chi connectivity index (χ0v) is 29.4. The number of carbonyl (C=O) groups excluding carboxylic acids is 2. The lowest BCUT2D eigenvalue weighted by Crippen LogP contribution is -2.23. The van der Waals surface area contributed by atoms with Crippen molar-refractivity contribution in [1.29, 1.82) is 0 Å². The first-order chi connectivity index (χ1) is 21.1. The van der Waals surface area contributed by atoms with E-state index in [2.05, 4.69) is 26.0 Å². The van der Waals surface area contributed by atoms with Crippen LogP contribution in [0.15, 0.2) is 12.2 Å². The van der Waals surface area contributed by atoms with Crippen LogP contribution in [0.2, 0.25) is 0 Å². The van der Waals surface area contributed by atoms with Crippen molar-refractivity contribution in [2.45, 2.75) is 193 Å². The van der Waals surface area contributed by atoms with Gasteiger partial charge in [-0.3, -0.25) is 9.59 Å². The van der Waals surface area contributed by atoms with E-state index in [0.29, 0.717) is 12.8 Å². The van der Waals surface area contributed by atoms with Crippen LogP contribution in [0, 0.1) is 5.92 Å². The van der Waals surface area contributed by atoms with Gasteiger partial charge in [0, 0.05) is 6.42 Å². The Morgan fingerprint density at radius 1 is 0.628 bits per heavy atom. The molecule has 0 saturated carbocycles. The smallest absolute Gasteiger partial charge is 0.189 e. The molecule has 43 heavy (non-hydrogen) atoms. The van der Waals surface area contributed by atoms with E-state index in [4.69, 9.17) is 9.63 Å². The van der Waals surface area contributed by atoms with E-state index in [1.165, 1.54) is 116 Å². The molecule has 0 radical (unpaired) electrons. The van der Waals surface area contributed by atoms with Crippen LogP contribution in [0.1, 0.15) is 187 Å². The Balaban J connectivity index is 4.15. The first kappa shape index (κ1) is 42.4. The summed E-state index contributed by atoms with van der Waals surface area (Å²) in [4.78, 5) is 25.9. The minimum atomic E-state index is -0.986. The van der Waals surface area contributed by atoms with Crippen LogP contribution in [-0.2, 0) is 14.1 Å². The molecular formula is C37H71O5P. The first-order valence-electron chi connectivity index (χ1n) is 18.4. The average molecular weight is 627 g/mol. The fourth-order valence-electron chi connectivity index (χ4n) is 5.50. The predicted octanol–water partition coefficient (Wildman–Crippen LogP) is 10.8. The number of Topliss-reactive ketones (excluding diaryl/α,β-unsaturated/α-hetero) is 1. The molecule has 2 N–H and O–H groups in total. The van der Waals surface area contributed by atoms with Gasteiger partial charge in [0.25, 0.3) is 0 Å². The highest BCUT2D eigenvalue weighted by Crippen LogP contribution is 2.27. The third-order valence-corrected chi connectivity index (χ3v) is 9.26. The number of unbranched alkanes of at least 4 members (excludes halogenated alkanes) is 22. The van der Waals surface area contributed by atoms with Crippen LogP contribution in [0.25, 0.3) is 0 Å². The SMILES string of the molecule is CCCCCCCC/C=C\CCCCCCC(C(=O)CCCCCCCCCCCCCCC)C(=O)POCC(O)CO. The molecule has 0 aromatic heterocycles. The van der Waals surface area contributed by atoms with E-state index in [-0.39, 0.29) is 17.9 Å². The Bertz CT molecular complexity index is 638. The lowest BCUT2D eigenvalue weighted by molar-refractivity contribution is -0.129. The van der Waals surface area contributed by atoms with Crippen molar-refractivity contribution in [2.24, 2.45) is 5.92 Å². The standard InChI is InChI=1S/C37H71O5P/c1-3-5-7-9-11-13-15-17-19-20-22-24-26-28-30-35(37(41)43-42-33-34(39)32-38)36(40)31-29-27-25-23-21-18-16-14-12-10-8-6-4-2/h17,19,34-35,38-39,43H,3-16,18,20-33H2,1-2H3/b19-17-. The summed E-state index contributed by atoms with van der Waals surface area (Å²) >= 11 is 0. The van der Waals surface area contributed by atoms with Crippen molar-refractivity contribution in [3.05, 3.63) is 12.2 Å². The molecule has 3 unspecified atom stereocenters. The van der Waals surface area contributed by atoms with Gasteiger partial charge in [0.1, 0.15) is 11.9 Å². The number of ketones is 1. The molecule has 0 aliphatic rings. The molecule has 0 saturated heterocycles. The number of carbonyl (C=O) groups is 2. The lowest BCUT2D eigenvalue weighted by Gasteiger charge is -2.15. The quantitative estimate of drug-likeness (QED) is 0.0316. The zero-order chi connectivity index (χ0) is 31.6. The van der Waals surface area contributed by atoms with Crippen molar-refractivity contribution in [3.8, 4) is 0 Å². The summed E-state index contributed by atoms with van der Waals surface area (Å²) in [6.45, 7) is 4.05. The molecule has 0 aliphatic heterocycles. The van der Waals surface area contributed by atoms with Crippen molar-refractivity contribution in [2.75, 3.05) is 13.2 Å². The third-order valence-electron chi connectivity index (χ3n) is 8.40. The van der Waals surface area contributed by atoms with Gasteiger partial charge in [-0.05, 0) is 38.5 Å². The van der Waals surface area contributed by atoms with Gasteiger partial charge in [0.05, 0.1) is 27.9 Å². The largest absolute Gasteiger partial charge is 0.394 e. The van der Waals surface area contributed by atoms with Crippen LogP contribution < -0.4 is 0 Å². The normalized spacial score (nSPS) is 13.4. The molecule has 5 nitrogen and oxygen atoms in total. The first-order valence-corrected chi connectivity index (χ1v) is 19.4. The molecule has 0 aromatic rings. The summed E-state index contributed by atoms with van der Waals surface area (Å²) in [6.07, 6.45) is 35.8. The molecule has 254 valence electrons. The number of aliphatic hydroxyl groups excluding tert-OH is 2. The Morgan fingerprint density at radius 3 is 1.51 bits per heavy atom. The summed E-state index contributed by atoms with van der Waals surface area (Å²) in [5.74, 6) is -0.524. The fraction of sp³-hybridized carbons (Fsp3) is 0.892. The Hall–Kier alpha value is -0.610. The minimum Gasteiger partial charge on any atom is -0.394 e. The molecule has 0 aliphatic carbocycles. The summed E-state index contributed by atoms with van der Waals surface area (Å²) in [6, 6.07) is 0. The zero-order valence-electron chi connectivity index (χ0n) is 28.4. The molecule has 0 bridgehead atoms. The van der Waals surface area contributed by atoms with Gasteiger partial charge in [-0.25, -0.2) is 0 Å². The van der Waals surface area contributed by atoms with E-state index < -0.39 is 27.4 Å². The minimum absolute atomic E-state index is 0.0597. The maximum Gasteiger partial charge on any atom is 0.189 e. The van der Waals surface area contributed by atoms with Gasteiger partial charge in [-0.15, -0.1) is 0 Å². The highest BCUT2D eigenvalue weighted by atomic mass is 31.1. The van der Waals surface area contributed by atoms with E-state index in [0.717, 1.165) is 44.9 Å². The second kappa shape index (κ2) is 34.3. The number of rotatable bonds is 35. The van der Waals surface area contributed by atoms with Crippen molar-refractivity contribution in [1.82, 2.24) is 0 Å². The molecule has 0 spiro atoms. The average Bonchev–Trinajstić information content (AvgIpc) is 3.01. The van der Waals surface area contributed by atoms with Crippen molar-refractivity contribution >= 4 is 20.1 Å². The van der Waals surface area contributed by atoms with Crippen molar-refractivity contribution in [3.63, 3.8) is 0 Å². The number of aliphatic hydroxyl groups is 2. The van der Waals surface area contributed by atoms with Crippen molar-refractivity contribution < 1.29 is 24.3 Å². The third kappa shape index (κ3) is 29.8. The molecule has 0 heterocycles. The summed E-state index contributed by atoms with van der Waals surface area (Å²) < 4.78 is 5.33. The van der Waals surface area contributed by atoms with E-state index in [9.17, 15) is 14.7 Å². The predicted molar refractivity (Wildman–Crippen MR) is 186 cm³/mol. The molecule has 0 aromatic carbocycles. The maximum atomic E-state index is 13.0. The Labute approximate surface area is 268 Å². The van der Waals surface area contributed by atoms with Gasteiger partial charge in [-0.1, -0.05) is 154 Å². The molecule has 6 heteroatoms. The Kier molecular flexibility index (Phi) is 33.8. The topological polar surface area (TPSA) is 83.8 Å². The fourth-order valence-corrected chi connectivity index (χ4v) is 6.37. The number of hydrogen-bond donors (Lipinski definition) is 2. The van der Waals surface area contributed by atoms with Gasteiger partial charge < -0.3 is 14.7 Å². The maximum absolute atomic E-state index is 13.0. The highest BCUT2D eigenvalue weighted by Gasteiger charge is 2.26. The van der Waals surface area contributed by atoms with Gasteiger partial charge in [-0.2, -0.15) is 0 Å². The monoisotopic (exact) mass is 627 g/mol. The Morgan fingerprint density at radius 2 is 1.05 bits per heavy atom. The number of allylic oxidation sites excluding steroid dienone is 2. The molecule has 0 amide bonds.